The maximum absolute atomic E-state index is 10.7. The molecule has 16 heavy (non-hydrogen) atoms. The van der Waals surface area contributed by atoms with Gasteiger partial charge >= 0.3 is 5.97 Å². The Balaban J connectivity index is 2.82. The predicted molar refractivity (Wildman–Crippen MR) is 55.9 cm³/mol. The maximum Gasteiger partial charge on any atom is 0.335 e. The monoisotopic (exact) mass is 220 g/mol. The van der Waals surface area contributed by atoms with E-state index in [1.165, 1.54) is 18.2 Å². The maximum atomic E-state index is 10.7. The van der Waals surface area contributed by atoms with Gasteiger partial charge in [-0.3, -0.25) is 0 Å². The van der Waals surface area contributed by atoms with Gasteiger partial charge in [0.15, 0.2) is 11.5 Å². The van der Waals surface area contributed by atoms with E-state index in [-0.39, 0.29) is 28.2 Å². The number of benzene rings is 2. The number of phenolic OH excluding ortho intramolecular Hbond substituents is 3. The number of carboxylic acids is 1. The lowest BCUT2D eigenvalue weighted by atomic mass is 10.0. The highest BCUT2D eigenvalue weighted by atomic mass is 16.4. The minimum absolute atomic E-state index is 0.0879. The highest BCUT2D eigenvalue weighted by Crippen LogP contribution is 2.35. The lowest BCUT2D eigenvalue weighted by Crippen LogP contribution is -1.95. The summed E-state index contributed by atoms with van der Waals surface area (Å²) in [7, 11) is 0. The van der Waals surface area contributed by atoms with Gasteiger partial charge in [0.2, 0.25) is 0 Å². The molecular weight excluding hydrogens is 212 g/mol. The zero-order chi connectivity index (χ0) is 11.9. The van der Waals surface area contributed by atoms with E-state index in [9.17, 15) is 20.1 Å². The molecule has 2 aromatic carbocycles. The predicted octanol–water partition coefficient (Wildman–Crippen LogP) is 1.65. The van der Waals surface area contributed by atoms with Crippen molar-refractivity contribution >= 4 is 16.7 Å². The van der Waals surface area contributed by atoms with Gasteiger partial charge in [0.1, 0.15) is 5.75 Å². The van der Waals surface area contributed by atoms with Gasteiger partial charge in [-0.25, -0.2) is 4.79 Å². The van der Waals surface area contributed by atoms with Crippen LogP contribution in [-0.2, 0) is 0 Å². The molecule has 0 radical (unpaired) electrons. The van der Waals surface area contributed by atoms with E-state index in [0.29, 0.717) is 5.39 Å². The molecule has 5 nitrogen and oxygen atoms in total. The summed E-state index contributed by atoms with van der Waals surface area (Å²) in [6, 6.07) is 4.75. The number of aromatic carboxylic acids is 1. The lowest BCUT2D eigenvalue weighted by Gasteiger charge is -2.05. The molecule has 5 heteroatoms. The second-order valence-corrected chi connectivity index (χ2v) is 3.36. The van der Waals surface area contributed by atoms with Crippen LogP contribution in [-0.4, -0.2) is 26.4 Å². The Morgan fingerprint density at radius 3 is 2.12 bits per heavy atom. The molecule has 0 saturated carbocycles. The number of hydrogen-bond acceptors (Lipinski definition) is 4. The van der Waals surface area contributed by atoms with Gasteiger partial charge in [-0.1, -0.05) is 0 Å². The highest BCUT2D eigenvalue weighted by molar-refractivity contribution is 5.98. The van der Waals surface area contributed by atoms with Crippen molar-refractivity contribution in [2.24, 2.45) is 0 Å². The van der Waals surface area contributed by atoms with Crippen molar-refractivity contribution in [1.82, 2.24) is 0 Å². The van der Waals surface area contributed by atoms with Crippen LogP contribution in [0.2, 0.25) is 0 Å². The number of hydrogen-bond donors (Lipinski definition) is 4. The van der Waals surface area contributed by atoms with Crippen LogP contribution in [0.1, 0.15) is 10.4 Å². The molecule has 0 amide bonds. The molecular formula is C11H8O5. The summed E-state index contributed by atoms with van der Waals surface area (Å²) < 4.78 is 0. The quantitative estimate of drug-likeness (QED) is 0.548. The van der Waals surface area contributed by atoms with Crippen molar-refractivity contribution in [2.45, 2.75) is 0 Å². The van der Waals surface area contributed by atoms with Gasteiger partial charge in [-0.15, -0.1) is 0 Å². The Morgan fingerprint density at radius 2 is 1.50 bits per heavy atom. The molecule has 2 aromatic rings. The Hall–Kier alpha value is -2.43. The molecule has 0 spiro atoms. The highest BCUT2D eigenvalue weighted by Gasteiger charge is 2.11. The minimum Gasteiger partial charge on any atom is -0.507 e. The zero-order valence-electron chi connectivity index (χ0n) is 8.01. The first-order chi connectivity index (χ1) is 7.49. The summed E-state index contributed by atoms with van der Waals surface area (Å²) in [6.07, 6.45) is 0. The third-order valence-corrected chi connectivity index (χ3v) is 2.27. The van der Waals surface area contributed by atoms with Gasteiger partial charge in [-0.2, -0.15) is 0 Å². The number of rotatable bonds is 1. The molecule has 0 bridgehead atoms. The van der Waals surface area contributed by atoms with Crippen molar-refractivity contribution in [3.05, 3.63) is 29.8 Å². The summed E-state index contributed by atoms with van der Waals surface area (Å²) in [5.74, 6) is -2.17. The molecule has 0 aliphatic rings. The fourth-order valence-corrected chi connectivity index (χ4v) is 1.49. The molecule has 82 valence electrons. The van der Waals surface area contributed by atoms with Gasteiger partial charge in [0.05, 0.1) is 5.56 Å². The van der Waals surface area contributed by atoms with E-state index in [2.05, 4.69) is 0 Å². The summed E-state index contributed by atoms with van der Waals surface area (Å²) in [5, 5.41) is 37.4. The Morgan fingerprint density at radius 1 is 0.875 bits per heavy atom. The summed E-state index contributed by atoms with van der Waals surface area (Å²) in [6.45, 7) is 0. The van der Waals surface area contributed by atoms with Crippen molar-refractivity contribution in [3.8, 4) is 17.2 Å². The van der Waals surface area contributed by atoms with Gasteiger partial charge < -0.3 is 20.4 Å². The standard InChI is InChI=1S/C11H8O5/c12-8-3-6(11(15)16)1-5-2-9(13)10(14)4-7(5)8/h1-4,12-14H,(H,15,16). The SMILES string of the molecule is O=C(O)c1cc(O)c2cc(O)c(O)cc2c1. The van der Waals surface area contributed by atoms with E-state index in [1.807, 2.05) is 0 Å². The van der Waals surface area contributed by atoms with Crippen LogP contribution < -0.4 is 0 Å². The van der Waals surface area contributed by atoms with Crippen LogP contribution in [0.25, 0.3) is 10.8 Å². The third kappa shape index (κ3) is 1.48. The molecule has 0 heterocycles. The molecule has 0 aliphatic heterocycles. The average Bonchev–Trinajstić information content (AvgIpc) is 2.20. The molecule has 0 unspecified atom stereocenters. The fraction of sp³-hybridized carbons (Fsp3) is 0. The van der Waals surface area contributed by atoms with Crippen LogP contribution in [0.4, 0.5) is 0 Å². The van der Waals surface area contributed by atoms with Gasteiger partial charge in [0.25, 0.3) is 0 Å². The average molecular weight is 220 g/mol. The van der Waals surface area contributed by atoms with Crippen LogP contribution in [0.15, 0.2) is 24.3 Å². The van der Waals surface area contributed by atoms with E-state index in [1.54, 1.807) is 0 Å². The molecule has 0 fully saturated rings. The van der Waals surface area contributed by atoms with Gasteiger partial charge in [0, 0.05) is 5.39 Å². The van der Waals surface area contributed by atoms with E-state index in [0.717, 1.165) is 6.07 Å². The zero-order valence-corrected chi connectivity index (χ0v) is 8.01. The second-order valence-electron chi connectivity index (χ2n) is 3.36. The van der Waals surface area contributed by atoms with E-state index >= 15 is 0 Å². The third-order valence-electron chi connectivity index (χ3n) is 2.27. The van der Waals surface area contributed by atoms with Crippen LogP contribution in [0, 0.1) is 0 Å². The molecule has 0 atom stereocenters. The number of carbonyl (C=O) groups is 1. The Labute approximate surface area is 89.8 Å². The first kappa shape index (κ1) is 10.1. The minimum atomic E-state index is -1.18. The lowest BCUT2D eigenvalue weighted by molar-refractivity contribution is 0.0696. The van der Waals surface area contributed by atoms with Crippen LogP contribution >= 0.6 is 0 Å². The molecule has 4 N–H and O–H groups in total. The normalized spacial score (nSPS) is 10.5. The second kappa shape index (κ2) is 3.30. The largest absolute Gasteiger partial charge is 0.507 e. The summed E-state index contributed by atoms with van der Waals surface area (Å²) in [5.41, 5.74) is -0.0879. The fourth-order valence-electron chi connectivity index (χ4n) is 1.49. The van der Waals surface area contributed by atoms with Crippen LogP contribution in [0.5, 0.6) is 17.2 Å². The molecule has 0 saturated heterocycles. The van der Waals surface area contributed by atoms with Gasteiger partial charge in [-0.05, 0) is 29.7 Å². The first-order valence-corrected chi connectivity index (χ1v) is 4.41. The number of aromatic hydroxyl groups is 3. The summed E-state index contributed by atoms with van der Waals surface area (Å²) >= 11 is 0. The number of phenols is 3. The Bertz CT molecular complexity index is 588. The molecule has 0 aliphatic carbocycles. The topological polar surface area (TPSA) is 98.0 Å². The van der Waals surface area contributed by atoms with E-state index in [4.69, 9.17) is 5.11 Å². The van der Waals surface area contributed by atoms with Crippen molar-refractivity contribution in [1.29, 1.82) is 0 Å². The van der Waals surface area contributed by atoms with Crippen LogP contribution in [0.3, 0.4) is 0 Å². The number of fused-ring (bicyclic) bond motifs is 1. The molecule has 0 aromatic heterocycles. The van der Waals surface area contributed by atoms with E-state index < -0.39 is 5.97 Å². The smallest absolute Gasteiger partial charge is 0.335 e. The summed E-state index contributed by atoms with van der Waals surface area (Å²) in [4.78, 5) is 10.7. The van der Waals surface area contributed by atoms with Crippen molar-refractivity contribution in [3.63, 3.8) is 0 Å². The van der Waals surface area contributed by atoms with Crippen molar-refractivity contribution < 1.29 is 25.2 Å². The first-order valence-electron chi connectivity index (χ1n) is 4.41. The van der Waals surface area contributed by atoms with Crippen molar-refractivity contribution in [2.75, 3.05) is 0 Å². The number of carboxylic acid groups (broad SMARTS) is 1. The Kier molecular flexibility index (Phi) is 2.09. The molecule has 2 rings (SSSR count).